The molecule has 27 heavy (non-hydrogen) atoms. The SMILES string of the molecule is CN1CCN(C(=O)c2[nH]cnc2C(=O)NN=Cc2ccc([N+](=O)[O-])o2)CC1. The number of likely N-dealkylation sites (N-methyl/N-ethyl adjacent to an activating group) is 1. The van der Waals surface area contributed by atoms with Crippen LogP contribution in [0.1, 0.15) is 26.7 Å². The van der Waals surface area contributed by atoms with Crippen molar-refractivity contribution < 1.29 is 18.9 Å². The molecule has 0 unspecified atom stereocenters. The second-order valence-corrected chi connectivity index (χ2v) is 5.85. The summed E-state index contributed by atoms with van der Waals surface area (Å²) in [5.74, 6) is -1.34. The van der Waals surface area contributed by atoms with E-state index in [1.54, 1.807) is 4.90 Å². The van der Waals surface area contributed by atoms with Crippen LogP contribution in [0.3, 0.4) is 0 Å². The number of carbonyl (C=O) groups is 2. The van der Waals surface area contributed by atoms with E-state index in [1.165, 1.54) is 18.5 Å². The number of imidazole rings is 1. The van der Waals surface area contributed by atoms with E-state index >= 15 is 0 Å². The molecule has 142 valence electrons. The normalized spacial score (nSPS) is 15.2. The molecule has 12 heteroatoms. The van der Waals surface area contributed by atoms with Gasteiger partial charge >= 0.3 is 5.88 Å². The van der Waals surface area contributed by atoms with Crippen LogP contribution < -0.4 is 5.43 Å². The Morgan fingerprint density at radius 3 is 2.78 bits per heavy atom. The third kappa shape index (κ3) is 4.17. The van der Waals surface area contributed by atoms with Crippen molar-refractivity contribution in [3.8, 4) is 0 Å². The summed E-state index contributed by atoms with van der Waals surface area (Å²) in [6.45, 7) is 2.62. The van der Waals surface area contributed by atoms with Crippen molar-refractivity contribution in [3.63, 3.8) is 0 Å². The molecule has 1 saturated heterocycles. The quantitative estimate of drug-likeness (QED) is 0.426. The standard InChI is InChI=1S/C15H17N7O5/c1-20-4-6-21(7-5-20)15(24)13-12(16-9-17-13)14(23)19-18-8-10-2-3-11(27-10)22(25)26/h2-3,8-9H,4-7H2,1H3,(H,16,17)(H,19,23). The maximum atomic E-state index is 12.6. The van der Waals surface area contributed by atoms with Gasteiger partial charge in [-0.15, -0.1) is 0 Å². The first-order chi connectivity index (χ1) is 13.0. The molecule has 0 bridgehead atoms. The zero-order chi connectivity index (χ0) is 19.4. The Morgan fingerprint density at radius 2 is 2.11 bits per heavy atom. The molecule has 2 amide bonds. The van der Waals surface area contributed by atoms with E-state index in [4.69, 9.17) is 4.42 Å². The van der Waals surface area contributed by atoms with Crippen LogP contribution in [0.4, 0.5) is 5.88 Å². The molecule has 0 atom stereocenters. The largest absolute Gasteiger partial charge is 0.433 e. The number of hydrogen-bond donors (Lipinski definition) is 2. The van der Waals surface area contributed by atoms with Crippen molar-refractivity contribution in [1.82, 2.24) is 25.2 Å². The minimum Gasteiger partial charge on any atom is -0.400 e. The van der Waals surface area contributed by atoms with Gasteiger partial charge in [-0.05, 0) is 13.1 Å². The zero-order valence-corrected chi connectivity index (χ0v) is 14.4. The van der Waals surface area contributed by atoms with E-state index in [9.17, 15) is 19.7 Å². The Kier molecular flexibility index (Phi) is 5.26. The van der Waals surface area contributed by atoms with Gasteiger partial charge in [0.2, 0.25) is 0 Å². The summed E-state index contributed by atoms with van der Waals surface area (Å²) in [5.41, 5.74) is 2.22. The number of rotatable bonds is 5. The minimum atomic E-state index is -0.689. The van der Waals surface area contributed by atoms with Crippen molar-refractivity contribution in [3.05, 3.63) is 45.7 Å². The van der Waals surface area contributed by atoms with E-state index in [0.29, 0.717) is 13.1 Å². The minimum absolute atomic E-state index is 0.0819. The number of nitrogens with one attached hydrogen (secondary N) is 2. The topological polar surface area (TPSA) is 150 Å². The van der Waals surface area contributed by atoms with Crippen molar-refractivity contribution >= 4 is 23.9 Å². The lowest BCUT2D eigenvalue weighted by Crippen LogP contribution is -2.47. The number of furan rings is 1. The summed E-state index contributed by atoms with van der Waals surface area (Å²) in [7, 11) is 1.97. The summed E-state index contributed by atoms with van der Waals surface area (Å²) in [4.78, 5) is 45.0. The Bertz CT molecular complexity index is 879. The first-order valence-corrected chi connectivity index (χ1v) is 8.04. The molecule has 2 aromatic rings. The lowest BCUT2D eigenvalue weighted by Gasteiger charge is -2.32. The Labute approximate surface area is 153 Å². The van der Waals surface area contributed by atoms with Crippen LogP contribution in [0.2, 0.25) is 0 Å². The average Bonchev–Trinajstić information content (AvgIpc) is 3.31. The highest BCUT2D eigenvalue weighted by molar-refractivity contribution is 6.04. The van der Waals surface area contributed by atoms with Crippen LogP contribution in [-0.4, -0.2) is 75.9 Å². The van der Waals surface area contributed by atoms with Gasteiger partial charge in [0, 0.05) is 26.2 Å². The molecular formula is C15H17N7O5. The summed E-state index contributed by atoms with van der Waals surface area (Å²) in [6.07, 6.45) is 2.37. The molecule has 1 aliphatic heterocycles. The second kappa shape index (κ2) is 7.78. The van der Waals surface area contributed by atoms with Gasteiger partial charge in [0.25, 0.3) is 11.8 Å². The van der Waals surface area contributed by atoms with Gasteiger partial charge in [0.15, 0.2) is 11.5 Å². The van der Waals surface area contributed by atoms with Crippen molar-refractivity contribution in [2.45, 2.75) is 0 Å². The van der Waals surface area contributed by atoms with Gasteiger partial charge in [0.1, 0.15) is 10.6 Å². The Hall–Kier alpha value is -3.54. The van der Waals surface area contributed by atoms with Gasteiger partial charge in [0.05, 0.1) is 18.6 Å². The first-order valence-electron chi connectivity index (χ1n) is 8.04. The summed E-state index contributed by atoms with van der Waals surface area (Å²) in [5, 5.41) is 14.2. The summed E-state index contributed by atoms with van der Waals surface area (Å²) in [6, 6.07) is 2.51. The Morgan fingerprint density at radius 1 is 1.37 bits per heavy atom. The van der Waals surface area contributed by atoms with Gasteiger partial charge in [-0.25, -0.2) is 10.4 Å². The molecule has 3 heterocycles. The van der Waals surface area contributed by atoms with Crippen molar-refractivity contribution in [1.29, 1.82) is 0 Å². The third-order valence-corrected chi connectivity index (χ3v) is 4.01. The van der Waals surface area contributed by atoms with Crippen LogP contribution >= 0.6 is 0 Å². The average molecular weight is 375 g/mol. The van der Waals surface area contributed by atoms with Gasteiger partial charge in [-0.1, -0.05) is 0 Å². The lowest BCUT2D eigenvalue weighted by molar-refractivity contribution is -0.402. The number of piperazine rings is 1. The number of nitrogens with zero attached hydrogens (tertiary/aromatic N) is 5. The lowest BCUT2D eigenvalue weighted by atomic mass is 10.2. The highest BCUT2D eigenvalue weighted by Gasteiger charge is 2.26. The van der Waals surface area contributed by atoms with Crippen LogP contribution in [0.25, 0.3) is 0 Å². The fraction of sp³-hybridized carbons (Fsp3) is 0.333. The van der Waals surface area contributed by atoms with Gasteiger partial charge in [-0.2, -0.15) is 5.10 Å². The predicted molar refractivity (Wildman–Crippen MR) is 92.4 cm³/mol. The van der Waals surface area contributed by atoms with E-state index in [0.717, 1.165) is 19.3 Å². The fourth-order valence-corrected chi connectivity index (χ4v) is 2.51. The van der Waals surface area contributed by atoms with Crippen molar-refractivity contribution in [2.75, 3.05) is 33.2 Å². The van der Waals surface area contributed by atoms with Gasteiger partial charge in [-0.3, -0.25) is 19.7 Å². The number of nitro groups is 1. The molecule has 0 saturated carbocycles. The van der Waals surface area contributed by atoms with Crippen LogP contribution in [0, 0.1) is 10.1 Å². The Balaban J connectivity index is 1.64. The molecule has 3 rings (SSSR count). The number of amides is 2. The van der Waals surface area contributed by atoms with Crippen LogP contribution in [0.15, 0.2) is 28.0 Å². The molecule has 0 aromatic carbocycles. The van der Waals surface area contributed by atoms with Gasteiger partial charge < -0.3 is 19.2 Å². The smallest absolute Gasteiger partial charge is 0.400 e. The van der Waals surface area contributed by atoms with E-state index in [2.05, 4.69) is 25.4 Å². The van der Waals surface area contributed by atoms with Crippen molar-refractivity contribution in [2.24, 2.45) is 5.10 Å². The molecule has 0 spiro atoms. The summed E-state index contributed by atoms with van der Waals surface area (Å²) >= 11 is 0. The molecule has 1 fully saturated rings. The third-order valence-electron chi connectivity index (χ3n) is 4.01. The molecular weight excluding hydrogens is 358 g/mol. The molecule has 2 aromatic heterocycles. The maximum Gasteiger partial charge on any atom is 0.433 e. The van der Waals surface area contributed by atoms with Crippen LogP contribution in [-0.2, 0) is 0 Å². The summed E-state index contributed by atoms with van der Waals surface area (Å²) < 4.78 is 4.88. The number of hydrazone groups is 1. The molecule has 1 aliphatic rings. The predicted octanol–water partition coefficient (Wildman–Crippen LogP) is 0.0624. The highest BCUT2D eigenvalue weighted by atomic mass is 16.6. The fourth-order valence-electron chi connectivity index (χ4n) is 2.51. The molecule has 2 N–H and O–H groups in total. The maximum absolute atomic E-state index is 12.6. The first kappa shape index (κ1) is 18.3. The molecule has 12 nitrogen and oxygen atoms in total. The van der Waals surface area contributed by atoms with E-state index in [1.807, 2.05) is 7.05 Å². The number of hydrogen-bond acceptors (Lipinski definition) is 8. The second-order valence-electron chi connectivity index (χ2n) is 5.85. The number of aromatic nitrogens is 2. The number of H-pyrrole nitrogens is 1. The van der Waals surface area contributed by atoms with Crippen LogP contribution in [0.5, 0.6) is 0 Å². The highest BCUT2D eigenvalue weighted by Crippen LogP contribution is 2.14. The number of carbonyl (C=O) groups excluding carboxylic acids is 2. The molecule has 0 radical (unpaired) electrons. The molecule has 0 aliphatic carbocycles. The monoisotopic (exact) mass is 375 g/mol. The number of aromatic amines is 1. The van der Waals surface area contributed by atoms with E-state index < -0.39 is 16.7 Å². The zero-order valence-electron chi connectivity index (χ0n) is 14.4. The van der Waals surface area contributed by atoms with E-state index in [-0.39, 0.29) is 23.1 Å².